The Morgan fingerprint density at radius 2 is 2.10 bits per heavy atom. The Hall–Kier alpha value is -2.16. The summed E-state index contributed by atoms with van der Waals surface area (Å²) in [6.45, 7) is 0. The van der Waals surface area contributed by atoms with Gasteiger partial charge in [-0.05, 0) is 30.5 Å². The van der Waals surface area contributed by atoms with Crippen LogP contribution in [0.15, 0.2) is 41.3 Å². The molecular formula is C15H10ClNO3S. The van der Waals surface area contributed by atoms with Gasteiger partial charge in [0.2, 0.25) is 0 Å². The molecule has 0 aliphatic heterocycles. The quantitative estimate of drug-likeness (QED) is 0.844. The summed E-state index contributed by atoms with van der Waals surface area (Å²) in [6, 6.07) is 11.5. The average Bonchev–Trinajstić information content (AvgIpc) is 2.46. The fourth-order valence-corrected chi connectivity index (χ4v) is 2.48. The number of rotatable bonds is 4. The lowest BCUT2D eigenvalue weighted by molar-refractivity contribution is 0.0694. The molecule has 2 aromatic rings. The number of hydrogen-bond acceptors (Lipinski definition) is 4. The molecule has 4 nitrogen and oxygen atoms in total. The molecule has 0 heterocycles. The molecule has 0 amide bonds. The lowest BCUT2D eigenvalue weighted by Crippen LogP contribution is -2.00. The number of hydrogen-bond donors (Lipinski definition) is 1. The van der Waals surface area contributed by atoms with Crippen LogP contribution in [0.5, 0.6) is 11.5 Å². The van der Waals surface area contributed by atoms with Crippen molar-refractivity contribution in [2.75, 3.05) is 6.26 Å². The lowest BCUT2D eigenvalue weighted by atomic mass is 10.2. The standard InChI is InChI=1S/C15H10ClNO3S/c1-21-14-4-2-3-12(11(14)8-17)20-13-7-9(16)5-6-10(13)15(18)19/h2-7H,1H3,(H,18,19). The predicted octanol–water partition coefficient (Wildman–Crippen LogP) is 4.42. The van der Waals surface area contributed by atoms with E-state index in [1.165, 1.54) is 30.0 Å². The van der Waals surface area contributed by atoms with Gasteiger partial charge in [-0.25, -0.2) is 4.79 Å². The molecule has 0 saturated carbocycles. The topological polar surface area (TPSA) is 70.3 Å². The van der Waals surface area contributed by atoms with Crippen molar-refractivity contribution < 1.29 is 14.6 Å². The summed E-state index contributed by atoms with van der Waals surface area (Å²) in [5.41, 5.74) is 0.346. The fourth-order valence-electron chi connectivity index (χ4n) is 1.75. The number of halogens is 1. The number of benzene rings is 2. The monoisotopic (exact) mass is 319 g/mol. The molecule has 0 spiro atoms. The first-order valence-corrected chi connectivity index (χ1v) is 7.45. The second-order valence-corrected chi connectivity index (χ2v) is 5.28. The summed E-state index contributed by atoms with van der Waals surface area (Å²) >= 11 is 7.29. The second kappa shape index (κ2) is 6.53. The molecule has 6 heteroatoms. The van der Waals surface area contributed by atoms with Gasteiger partial charge in [-0.3, -0.25) is 0 Å². The van der Waals surface area contributed by atoms with Gasteiger partial charge in [-0.1, -0.05) is 17.7 Å². The molecule has 0 radical (unpaired) electrons. The van der Waals surface area contributed by atoms with E-state index in [9.17, 15) is 10.1 Å². The van der Waals surface area contributed by atoms with E-state index in [1.54, 1.807) is 18.2 Å². The second-order valence-electron chi connectivity index (χ2n) is 3.99. The van der Waals surface area contributed by atoms with Crippen molar-refractivity contribution in [2.45, 2.75) is 4.90 Å². The van der Waals surface area contributed by atoms with Gasteiger partial charge >= 0.3 is 5.97 Å². The Balaban J connectivity index is 2.51. The Morgan fingerprint density at radius 3 is 2.71 bits per heavy atom. The van der Waals surface area contributed by atoms with Gasteiger partial charge in [-0.15, -0.1) is 11.8 Å². The van der Waals surface area contributed by atoms with Crippen molar-refractivity contribution in [1.82, 2.24) is 0 Å². The zero-order valence-corrected chi connectivity index (χ0v) is 12.5. The molecule has 0 fully saturated rings. The predicted molar refractivity (Wildman–Crippen MR) is 81.4 cm³/mol. The number of nitrogens with zero attached hydrogens (tertiary/aromatic N) is 1. The van der Waals surface area contributed by atoms with Crippen LogP contribution in [0.25, 0.3) is 0 Å². The fraction of sp³-hybridized carbons (Fsp3) is 0.0667. The molecule has 0 aromatic heterocycles. The third-order valence-electron chi connectivity index (χ3n) is 2.71. The number of aromatic carboxylic acids is 1. The molecule has 106 valence electrons. The SMILES string of the molecule is CSc1cccc(Oc2cc(Cl)ccc2C(=O)O)c1C#N. The van der Waals surface area contributed by atoms with Gasteiger partial charge < -0.3 is 9.84 Å². The van der Waals surface area contributed by atoms with Crippen LogP contribution in [0.3, 0.4) is 0 Å². The molecule has 2 rings (SSSR count). The third kappa shape index (κ3) is 3.30. The van der Waals surface area contributed by atoms with Gasteiger partial charge in [0.15, 0.2) is 0 Å². The number of carboxylic acids is 1. The first kappa shape index (κ1) is 15.2. The van der Waals surface area contributed by atoms with Gasteiger partial charge in [0.25, 0.3) is 0 Å². The zero-order chi connectivity index (χ0) is 15.4. The van der Waals surface area contributed by atoms with E-state index in [-0.39, 0.29) is 11.3 Å². The first-order chi connectivity index (χ1) is 10.1. The Morgan fingerprint density at radius 1 is 1.33 bits per heavy atom. The first-order valence-electron chi connectivity index (χ1n) is 5.84. The van der Waals surface area contributed by atoms with E-state index in [2.05, 4.69) is 6.07 Å². The summed E-state index contributed by atoms with van der Waals surface area (Å²) < 4.78 is 5.62. The summed E-state index contributed by atoms with van der Waals surface area (Å²) in [5.74, 6) is -0.722. The van der Waals surface area contributed by atoms with Crippen LogP contribution >= 0.6 is 23.4 Å². The zero-order valence-electron chi connectivity index (χ0n) is 11.0. The van der Waals surface area contributed by atoms with Gasteiger partial charge in [-0.2, -0.15) is 5.26 Å². The molecular weight excluding hydrogens is 310 g/mol. The molecule has 0 saturated heterocycles. The van der Waals surface area contributed by atoms with Crippen LogP contribution in [-0.2, 0) is 0 Å². The van der Waals surface area contributed by atoms with E-state index >= 15 is 0 Å². The number of thioether (sulfide) groups is 1. The summed E-state index contributed by atoms with van der Waals surface area (Å²) in [5, 5.41) is 18.8. The van der Waals surface area contributed by atoms with Crippen molar-refractivity contribution in [3.05, 3.63) is 52.5 Å². The molecule has 2 aromatic carbocycles. The largest absolute Gasteiger partial charge is 0.478 e. The molecule has 0 bridgehead atoms. The van der Waals surface area contributed by atoms with Crippen LogP contribution < -0.4 is 4.74 Å². The third-order valence-corrected chi connectivity index (χ3v) is 3.73. The van der Waals surface area contributed by atoms with Gasteiger partial charge in [0, 0.05) is 16.0 Å². The minimum Gasteiger partial charge on any atom is -0.478 e. The van der Waals surface area contributed by atoms with E-state index < -0.39 is 5.97 Å². The van der Waals surface area contributed by atoms with Crippen molar-refractivity contribution >= 4 is 29.3 Å². The van der Waals surface area contributed by atoms with Crippen molar-refractivity contribution in [1.29, 1.82) is 5.26 Å². The minimum atomic E-state index is -1.12. The Kier molecular flexibility index (Phi) is 4.73. The van der Waals surface area contributed by atoms with E-state index in [1.807, 2.05) is 6.26 Å². The summed E-state index contributed by atoms with van der Waals surface area (Å²) in [7, 11) is 0. The highest BCUT2D eigenvalue weighted by molar-refractivity contribution is 7.98. The number of ether oxygens (including phenoxy) is 1. The van der Waals surface area contributed by atoms with Crippen molar-refractivity contribution in [2.24, 2.45) is 0 Å². The number of carboxylic acid groups (broad SMARTS) is 1. The molecule has 0 aliphatic carbocycles. The maximum absolute atomic E-state index is 11.2. The molecule has 21 heavy (non-hydrogen) atoms. The molecule has 0 atom stereocenters. The molecule has 1 N–H and O–H groups in total. The van der Waals surface area contributed by atoms with Gasteiger partial charge in [0.05, 0.1) is 0 Å². The van der Waals surface area contributed by atoms with Crippen LogP contribution in [0.4, 0.5) is 0 Å². The van der Waals surface area contributed by atoms with Crippen molar-refractivity contribution in [3.8, 4) is 17.6 Å². The highest BCUT2D eigenvalue weighted by Crippen LogP contribution is 2.34. The maximum Gasteiger partial charge on any atom is 0.339 e. The summed E-state index contributed by atoms with van der Waals surface area (Å²) in [6.07, 6.45) is 1.85. The van der Waals surface area contributed by atoms with Crippen LogP contribution in [0.2, 0.25) is 5.02 Å². The smallest absolute Gasteiger partial charge is 0.339 e. The number of nitriles is 1. The maximum atomic E-state index is 11.2. The van der Waals surface area contributed by atoms with Crippen LogP contribution in [0.1, 0.15) is 15.9 Å². The normalized spacial score (nSPS) is 9.95. The van der Waals surface area contributed by atoms with Crippen molar-refractivity contribution in [3.63, 3.8) is 0 Å². The highest BCUT2D eigenvalue weighted by Gasteiger charge is 2.15. The minimum absolute atomic E-state index is 0.0159. The van der Waals surface area contributed by atoms with E-state index in [4.69, 9.17) is 21.4 Å². The van der Waals surface area contributed by atoms with E-state index in [0.717, 1.165) is 4.90 Å². The Labute approximate surface area is 130 Å². The lowest BCUT2D eigenvalue weighted by Gasteiger charge is -2.12. The molecule has 0 aliphatic rings. The van der Waals surface area contributed by atoms with Gasteiger partial charge in [0.1, 0.15) is 28.7 Å². The van der Waals surface area contributed by atoms with E-state index in [0.29, 0.717) is 16.3 Å². The van der Waals surface area contributed by atoms with Crippen LogP contribution in [0, 0.1) is 11.3 Å². The number of carbonyl (C=O) groups is 1. The average molecular weight is 320 g/mol. The Bertz CT molecular complexity index is 740. The highest BCUT2D eigenvalue weighted by atomic mass is 35.5. The molecule has 0 unspecified atom stereocenters. The van der Waals surface area contributed by atoms with Crippen LogP contribution in [-0.4, -0.2) is 17.3 Å². The summed E-state index contributed by atoms with van der Waals surface area (Å²) in [4.78, 5) is 12.0.